The van der Waals surface area contributed by atoms with Crippen LogP contribution in [0.15, 0.2) is 0 Å². The molecule has 3 aliphatic rings. The second-order valence-corrected chi connectivity index (χ2v) is 13.5. The molecule has 0 aromatic heterocycles. The van der Waals surface area contributed by atoms with Gasteiger partial charge in [-0.25, -0.2) is 5.26 Å². The summed E-state index contributed by atoms with van der Waals surface area (Å²) in [4.78, 5) is 0. The number of aliphatic hydroxyl groups is 4. The van der Waals surface area contributed by atoms with Gasteiger partial charge in [0, 0.05) is 56.1 Å². The summed E-state index contributed by atoms with van der Waals surface area (Å²) in [6.07, 6.45) is -0.915. The van der Waals surface area contributed by atoms with Crippen molar-refractivity contribution in [3.05, 3.63) is 0 Å². The summed E-state index contributed by atoms with van der Waals surface area (Å²) >= 11 is 0.931. The van der Waals surface area contributed by atoms with E-state index in [0.717, 1.165) is 37.7 Å². The Morgan fingerprint density at radius 3 is 1.65 bits per heavy atom. The maximum atomic E-state index is 11.2. The Bertz CT molecular complexity index is 940. The lowest BCUT2D eigenvalue weighted by Gasteiger charge is -2.44. The summed E-state index contributed by atoms with van der Waals surface area (Å²) in [5.41, 5.74) is 0. The molecule has 1 saturated carbocycles. The molecule has 18 N–H and O–H groups in total. The maximum Gasteiger partial charge on any atom is 0.266 e. The van der Waals surface area contributed by atoms with Crippen molar-refractivity contribution in [2.24, 2.45) is 0 Å². The lowest BCUT2D eigenvalue weighted by molar-refractivity contribution is -0.432. The van der Waals surface area contributed by atoms with Crippen molar-refractivity contribution in [2.45, 2.75) is 87.7 Å². The van der Waals surface area contributed by atoms with Gasteiger partial charge in [0.05, 0.1) is 31.2 Å². The van der Waals surface area contributed by atoms with Gasteiger partial charge in [0.15, 0.2) is 0 Å². The Hall–Kier alpha value is -0.500. The topological polar surface area (TPSA) is 318 Å². The van der Waals surface area contributed by atoms with Gasteiger partial charge in [0.25, 0.3) is 10.1 Å². The fourth-order valence-corrected chi connectivity index (χ4v) is 5.87. The van der Waals surface area contributed by atoms with Crippen molar-refractivity contribution >= 4 is 22.2 Å². The summed E-state index contributed by atoms with van der Waals surface area (Å²) in [6.45, 7) is -0.0214. The first kappa shape index (κ1) is 39.9. The van der Waals surface area contributed by atoms with Gasteiger partial charge in [-0.2, -0.15) is 8.42 Å². The first-order valence-corrected chi connectivity index (χ1v) is 17.7. The van der Waals surface area contributed by atoms with E-state index in [2.05, 4.69) is 73.2 Å². The van der Waals surface area contributed by atoms with Crippen LogP contribution >= 0.6 is 12.0 Å². The lowest BCUT2D eigenvalue weighted by Crippen LogP contribution is -2.79. The number of rotatable bonds is 22. The molecule has 2 heterocycles. The second kappa shape index (κ2) is 21.6. The number of hydrogen-bond acceptors (Lipinski definition) is 22. The molecule has 46 heavy (non-hydrogen) atoms. The van der Waals surface area contributed by atoms with Crippen molar-refractivity contribution in [1.82, 2.24) is 63.8 Å². The molecule has 0 aromatic carbocycles. The van der Waals surface area contributed by atoms with Crippen LogP contribution in [0.2, 0.25) is 0 Å². The zero-order valence-electron chi connectivity index (χ0n) is 25.4. The summed E-state index contributed by atoms with van der Waals surface area (Å²) in [7, 11) is -4.14. The van der Waals surface area contributed by atoms with E-state index in [1.807, 2.05) is 0 Å². The third-order valence-corrected chi connectivity index (χ3v) is 8.58. The molecule has 0 spiro atoms. The fraction of sp³-hybridized carbons (Fsp3) is 1.00. The van der Waals surface area contributed by atoms with Crippen LogP contribution in [0.4, 0.5) is 0 Å². The van der Waals surface area contributed by atoms with E-state index in [1.165, 1.54) is 0 Å². The van der Waals surface area contributed by atoms with Crippen LogP contribution in [-0.2, 0) is 19.5 Å². The quantitative estimate of drug-likeness (QED) is 0.0163. The Kier molecular flexibility index (Phi) is 18.7. The number of nitrogens with one attached hydrogen (secondary N) is 12. The minimum absolute atomic E-state index is 0.0117. The van der Waals surface area contributed by atoms with Gasteiger partial charge in [0.1, 0.15) is 37.7 Å². The first-order chi connectivity index (χ1) is 22.1. The average molecular weight is 709 g/mol. The molecule has 24 heteroatoms. The molecule has 0 aromatic rings. The zero-order valence-corrected chi connectivity index (χ0v) is 27.0. The molecule has 10 atom stereocenters. The van der Waals surface area contributed by atoms with Crippen molar-refractivity contribution in [3.63, 3.8) is 0 Å². The minimum atomic E-state index is -4.14. The third-order valence-electron chi connectivity index (χ3n) is 7.34. The molecule has 272 valence electrons. The summed E-state index contributed by atoms with van der Waals surface area (Å²) in [6, 6.07) is 0.204. The van der Waals surface area contributed by atoms with E-state index in [0.29, 0.717) is 12.3 Å². The molecule has 10 unspecified atom stereocenters. The van der Waals surface area contributed by atoms with Gasteiger partial charge in [-0.05, 0) is 19.3 Å². The van der Waals surface area contributed by atoms with E-state index >= 15 is 0 Å². The van der Waals surface area contributed by atoms with Gasteiger partial charge in [-0.1, -0.05) is 11.5 Å². The molecule has 2 aliphatic heterocycles. The van der Waals surface area contributed by atoms with Gasteiger partial charge >= 0.3 is 0 Å². The molecule has 3 rings (SSSR count). The fourth-order valence-electron chi connectivity index (χ4n) is 5.19. The normalized spacial score (nSPS) is 32.3. The monoisotopic (exact) mass is 708 g/mol. The first-order valence-electron chi connectivity index (χ1n) is 15.2. The molecule has 0 bridgehead atoms. The Morgan fingerprint density at radius 1 is 0.739 bits per heavy atom. The zero-order chi connectivity index (χ0) is 33.4. The van der Waals surface area contributed by atoms with Crippen LogP contribution in [0.25, 0.3) is 0 Å². The minimum Gasteiger partial charge on any atom is -0.394 e. The van der Waals surface area contributed by atoms with Crippen LogP contribution < -0.4 is 63.8 Å². The van der Waals surface area contributed by atoms with Gasteiger partial charge in [-0.15, -0.1) is 4.33 Å². The highest BCUT2D eigenvalue weighted by Crippen LogP contribution is 2.19. The molecule has 0 radical (unpaired) electrons. The SMILES string of the molecule is O=S(=O)(O)CCNC1NC(NCC(O)CO)NC(NC2CCCC(NC3NC(NCCSOOO)NC(NCC(O)CO)N3)C2)N1. The van der Waals surface area contributed by atoms with E-state index in [-0.39, 0.29) is 50.9 Å². The molecular weight excluding hydrogens is 656 g/mol. The predicted molar refractivity (Wildman–Crippen MR) is 166 cm³/mol. The Labute approximate surface area is 272 Å². The van der Waals surface area contributed by atoms with Crippen molar-refractivity contribution in [2.75, 3.05) is 50.9 Å². The van der Waals surface area contributed by atoms with Crippen molar-refractivity contribution in [1.29, 1.82) is 0 Å². The van der Waals surface area contributed by atoms with E-state index in [4.69, 9.17) is 14.9 Å². The van der Waals surface area contributed by atoms with Crippen LogP contribution in [0, 0.1) is 0 Å². The summed E-state index contributed by atoms with van der Waals surface area (Å²) in [5.74, 6) is 0.0204. The van der Waals surface area contributed by atoms with Crippen LogP contribution in [0.1, 0.15) is 25.7 Å². The molecule has 22 nitrogen and oxygen atoms in total. The molecule has 2 saturated heterocycles. The predicted octanol–water partition coefficient (Wildman–Crippen LogP) is -7.23. The van der Waals surface area contributed by atoms with Crippen molar-refractivity contribution in [3.8, 4) is 0 Å². The number of hydrogen-bond donors (Lipinski definition) is 18. The van der Waals surface area contributed by atoms with E-state index in [1.54, 1.807) is 0 Å². The van der Waals surface area contributed by atoms with Crippen LogP contribution in [0.5, 0.6) is 0 Å². The Morgan fingerprint density at radius 2 is 1.20 bits per heavy atom. The van der Waals surface area contributed by atoms with Crippen LogP contribution in [-0.4, -0.2) is 152 Å². The second-order valence-electron chi connectivity index (χ2n) is 11.1. The summed E-state index contributed by atoms with van der Waals surface area (Å²) in [5, 5.41) is 89.2. The van der Waals surface area contributed by atoms with Gasteiger partial charge < -0.3 is 20.4 Å². The standard InChI is InChI=1S/C22H52N12O10S2/c35-11-15(37)9-25-19-29-17(23-4-6-45-44-43-39)31-21(33-19)27-13-2-1-3-14(8-13)28-22-32-18(24-5-7-46(40,41)42)30-20(34-22)26-10-16(38)12-36/h13-39H,1-12H2,(H,40,41,42). The van der Waals surface area contributed by atoms with Crippen molar-refractivity contribution < 1.29 is 48.0 Å². The highest BCUT2D eigenvalue weighted by molar-refractivity contribution is 7.94. The van der Waals surface area contributed by atoms with Crippen LogP contribution in [0.3, 0.4) is 0 Å². The Balaban J connectivity index is 1.54. The molecule has 0 amide bonds. The largest absolute Gasteiger partial charge is 0.394 e. The van der Waals surface area contributed by atoms with Gasteiger partial charge in [0.2, 0.25) is 0 Å². The lowest BCUT2D eigenvalue weighted by atomic mass is 9.91. The molecule has 1 aliphatic carbocycles. The highest BCUT2D eigenvalue weighted by Gasteiger charge is 2.33. The molecular formula is C22H52N12O10S2. The molecule has 3 fully saturated rings. The van der Waals surface area contributed by atoms with E-state index < -0.39 is 59.8 Å². The van der Waals surface area contributed by atoms with E-state index in [9.17, 15) is 23.7 Å². The smallest absolute Gasteiger partial charge is 0.266 e. The third kappa shape index (κ3) is 16.3. The number of aliphatic hydroxyl groups excluding tert-OH is 4. The highest BCUT2D eigenvalue weighted by atomic mass is 32.2. The van der Waals surface area contributed by atoms with Gasteiger partial charge in [-0.3, -0.25) is 68.4 Å². The maximum absolute atomic E-state index is 11.2. The average Bonchev–Trinajstić information content (AvgIpc) is 3.01. The summed E-state index contributed by atoms with van der Waals surface area (Å²) < 4.78 is 35.8.